The van der Waals surface area contributed by atoms with Crippen molar-refractivity contribution in [3.05, 3.63) is 23.9 Å². The van der Waals surface area contributed by atoms with Gasteiger partial charge < -0.3 is 4.74 Å². The first-order valence-corrected chi connectivity index (χ1v) is 6.87. The quantitative estimate of drug-likeness (QED) is 0.818. The van der Waals surface area contributed by atoms with Crippen molar-refractivity contribution < 1.29 is 13.2 Å². The van der Waals surface area contributed by atoms with Crippen LogP contribution in [0.5, 0.6) is 5.88 Å². The van der Waals surface area contributed by atoms with E-state index in [1.807, 2.05) is 0 Å². The van der Waals surface area contributed by atoms with E-state index in [-0.39, 0.29) is 11.2 Å². The van der Waals surface area contributed by atoms with Crippen molar-refractivity contribution in [1.29, 1.82) is 0 Å². The van der Waals surface area contributed by atoms with Crippen LogP contribution in [0.4, 0.5) is 0 Å². The van der Waals surface area contributed by atoms with Crippen LogP contribution < -0.4 is 9.46 Å². The molecule has 0 aromatic carbocycles. The summed E-state index contributed by atoms with van der Waals surface area (Å²) in [7, 11) is -1.77. The molecule has 5 nitrogen and oxygen atoms in total. The Kier molecular flexibility index (Phi) is 4.49. The molecule has 1 rings (SSSR count). The van der Waals surface area contributed by atoms with Gasteiger partial charge >= 0.3 is 0 Å². The summed E-state index contributed by atoms with van der Waals surface area (Å²) in [6.45, 7) is 0.172. The third-order valence-corrected chi connectivity index (χ3v) is 4.35. The molecule has 1 aromatic rings. The van der Waals surface area contributed by atoms with E-state index in [4.69, 9.17) is 4.74 Å². The highest BCUT2D eigenvalue weighted by Crippen LogP contribution is 2.13. The van der Waals surface area contributed by atoms with Gasteiger partial charge in [-0.15, -0.1) is 0 Å². The van der Waals surface area contributed by atoms with E-state index in [0.717, 1.165) is 0 Å². The van der Waals surface area contributed by atoms with Crippen LogP contribution in [0.15, 0.2) is 18.3 Å². The Bertz CT molecular complexity index is 422. The summed E-state index contributed by atoms with van der Waals surface area (Å²) in [5, 5.41) is 0. The van der Waals surface area contributed by atoms with Crippen molar-refractivity contribution in [2.75, 3.05) is 11.8 Å². The van der Waals surface area contributed by atoms with Crippen LogP contribution in [0.3, 0.4) is 0 Å². The zero-order chi connectivity index (χ0) is 11.3. The topological polar surface area (TPSA) is 68.3 Å². The maximum atomic E-state index is 11.2. The Morgan fingerprint density at radius 2 is 2.33 bits per heavy atom. The average Bonchev–Trinajstić information content (AvgIpc) is 2.27. The standard InChI is InChI=1S/C8H11BrN2O3S/c1-14-8-7(3-2-4-10-8)5-11-15(12,13)6-9/h2-4,11H,5-6H2,1H3. The first-order valence-electron chi connectivity index (χ1n) is 4.10. The molecule has 0 aliphatic carbocycles. The molecule has 1 heterocycles. The average molecular weight is 295 g/mol. The SMILES string of the molecule is COc1ncccc1CNS(=O)(=O)CBr. The molecular weight excluding hydrogens is 284 g/mol. The molecule has 0 radical (unpaired) electrons. The van der Waals surface area contributed by atoms with Crippen molar-refractivity contribution >= 4 is 26.0 Å². The van der Waals surface area contributed by atoms with Crippen LogP contribution in [0, 0.1) is 0 Å². The lowest BCUT2D eigenvalue weighted by atomic mass is 10.3. The zero-order valence-corrected chi connectivity index (χ0v) is 10.5. The number of ether oxygens (including phenoxy) is 1. The number of sulfonamides is 1. The Morgan fingerprint density at radius 1 is 1.60 bits per heavy atom. The largest absolute Gasteiger partial charge is 0.481 e. The highest BCUT2D eigenvalue weighted by Gasteiger charge is 2.09. The minimum absolute atomic E-state index is 0.122. The number of alkyl halides is 1. The van der Waals surface area contributed by atoms with E-state index < -0.39 is 10.0 Å². The lowest BCUT2D eigenvalue weighted by molar-refractivity contribution is 0.392. The summed E-state index contributed by atoms with van der Waals surface area (Å²) >= 11 is 2.88. The Hall–Kier alpha value is -0.660. The number of nitrogens with zero attached hydrogens (tertiary/aromatic N) is 1. The van der Waals surface area contributed by atoms with Crippen LogP contribution in [0.25, 0.3) is 0 Å². The monoisotopic (exact) mass is 294 g/mol. The maximum absolute atomic E-state index is 11.2. The van der Waals surface area contributed by atoms with Crippen LogP contribution in [0.2, 0.25) is 0 Å². The highest BCUT2D eigenvalue weighted by molar-refractivity contribution is 9.10. The Morgan fingerprint density at radius 3 is 2.93 bits per heavy atom. The first-order chi connectivity index (χ1) is 7.09. The summed E-state index contributed by atoms with van der Waals surface area (Å²) < 4.78 is 29.6. The van der Waals surface area contributed by atoms with Gasteiger partial charge in [0.25, 0.3) is 0 Å². The molecule has 0 spiro atoms. The molecule has 15 heavy (non-hydrogen) atoms. The second-order valence-corrected chi connectivity index (χ2v) is 5.83. The van der Waals surface area contributed by atoms with Gasteiger partial charge in [-0.2, -0.15) is 0 Å². The minimum atomic E-state index is -3.26. The van der Waals surface area contributed by atoms with Crippen molar-refractivity contribution in [3.63, 3.8) is 0 Å². The predicted molar refractivity (Wildman–Crippen MR) is 60.3 cm³/mol. The molecule has 0 saturated carbocycles. The van der Waals surface area contributed by atoms with Crippen LogP contribution >= 0.6 is 15.9 Å². The molecular formula is C8H11BrN2O3S. The Balaban J connectivity index is 2.73. The Labute approximate surface area is 97.0 Å². The molecule has 84 valence electrons. The zero-order valence-electron chi connectivity index (χ0n) is 8.10. The number of halogens is 1. The fourth-order valence-electron chi connectivity index (χ4n) is 0.969. The van der Waals surface area contributed by atoms with Gasteiger partial charge in [-0.1, -0.05) is 22.0 Å². The third kappa shape index (κ3) is 3.77. The summed E-state index contributed by atoms with van der Waals surface area (Å²) in [5.74, 6) is 0.426. The molecule has 1 N–H and O–H groups in total. The van der Waals surface area contributed by atoms with E-state index in [0.29, 0.717) is 11.4 Å². The van der Waals surface area contributed by atoms with E-state index in [1.165, 1.54) is 7.11 Å². The van der Waals surface area contributed by atoms with E-state index in [1.54, 1.807) is 18.3 Å². The summed E-state index contributed by atoms with van der Waals surface area (Å²) in [4.78, 5) is 3.95. The molecule has 0 aliphatic rings. The third-order valence-electron chi connectivity index (χ3n) is 1.67. The van der Waals surface area contributed by atoms with E-state index in [9.17, 15) is 8.42 Å². The van der Waals surface area contributed by atoms with Crippen molar-refractivity contribution in [2.45, 2.75) is 6.54 Å². The van der Waals surface area contributed by atoms with E-state index >= 15 is 0 Å². The summed E-state index contributed by atoms with van der Waals surface area (Å²) in [6, 6.07) is 3.48. The van der Waals surface area contributed by atoms with Gasteiger partial charge in [-0.3, -0.25) is 0 Å². The summed E-state index contributed by atoms with van der Waals surface area (Å²) in [5.41, 5.74) is 0.699. The lowest BCUT2D eigenvalue weighted by Crippen LogP contribution is -2.24. The van der Waals surface area contributed by atoms with Gasteiger partial charge in [0, 0.05) is 18.3 Å². The van der Waals surface area contributed by atoms with Gasteiger partial charge in [0.05, 0.1) is 7.11 Å². The number of hydrogen-bond donors (Lipinski definition) is 1. The molecule has 1 aromatic heterocycles. The minimum Gasteiger partial charge on any atom is -0.481 e. The van der Waals surface area contributed by atoms with Gasteiger partial charge in [-0.25, -0.2) is 18.1 Å². The fourth-order valence-corrected chi connectivity index (χ4v) is 1.91. The highest BCUT2D eigenvalue weighted by atomic mass is 79.9. The summed E-state index contributed by atoms with van der Waals surface area (Å²) in [6.07, 6.45) is 1.58. The molecule has 7 heteroatoms. The van der Waals surface area contributed by atoms with Gasteiger partial charge in [0.15, 0.2) is 0 Å². The number of hydrogen-bond acceptors (Lipinski definition) is 4. The molecule has 0 unspecified atom stereocenters. The van der Waals surface area contributed by atoms with Gasteiger partial charge in [-0.05, 0) is 6.07 Å². The van der Waals surface area contributed by atoms with Crippen LogP contribution in [0.1, 0.15) is 5.56 Å². The molecule has 0 atom stereocenters. The molecule has 0 aliphatic heterocycles. The lowest BCUT2D eigenvalue weighted by Gasteiger charge is -2.07. The second kappa shape index (κ2) is 5.43. The molecule has 0 saturated heterocycles. The number of nitrogens with one attached hydrogen (secondary N) is 1. The number of methoxy groups -OCH3 is 1. The normalized spacial score (nSPS) is 11.3. The van der Waals surface area contributed by atoms with Crippen LogP contribution in [-0.4, -0.2) is 25.2 Å². The van der Waals surface area contributed by atoms with Gasteiger partial charge in [0.2, 0.25) is 15.9 Å². The smallest absolute Gasteiger partial charge is 0.221 e. The fraction of sp³-hybridized carbons (Fsp3) is 0.375. The predicted octanol–water partition coefficient (Wildman–Crippen LogP) is 0.862. The maximum Gasteiger partial charge on any atom is 0.221 e. The van der Waals surface area contributed by atoms with Crippen LogP contribution in [-0.2, 0) is 16.6 Å². The van der Waals surface area contributed by atoms with Gasteiger partial charge in [0.1, 0.15) is 4.66 Å². The molecule has 0 amide bonds. The molecule has 0 bridgehead atoms. The molecule has 0 fully saturated rings. The van der Waals surface area contributed by atoms with Crippen molar-refractivity contribution in [1.82, 2.24) is 9.71 Å². The second-order valence-electron chi connectivity index (χ2n) is 2.72. The number of aromatic nitrogens is 1. The van der Waals surface area contributed by atoms with Crippen molar-refractivity contribution in [2.24, 2.45) is 0 Å². The first kappa shape index (κ1) is 12.4. The van der Waals surface area contributed by atoms with E-state index in [2.05, 4.69) is 25.6 Å². The number of pyridine rings is 1. The van der Waals surface area contributed by atoms with Crippen molar-refractivity contribution in [3.8, 4) is 5.88 Å². The number of rotatable bonds is 5.